The molecule has 1 atom stereocenters. The summed E-state index contributed by atoms with van der Waals surface area (Å²) in [6, 6.07) is 7.69. The van der Waals surface area contributed by atoms with Crippen molar-refractivity contribution in [2.45, 2.75) is 64.0 Å². The Balaban J connectivity index is 1.64. The van der Waals surface area contributed by atoms with Gasteiger partial charge in [0, 0.05) is 42.4 Å². The molecule has 2 aromatic carbocycles. The number of carbonyl (C=O) groups excluding carboxylic acids is 1. The average Bonchev–Trinajstić information content (AvgIpc) is 3.41. The van der Waals surface area contributed by atoms with E-state index in [9.17, 15) is 13.6 Å². The van der Waals surface area contributed by atoms with Gasteiger partial charge in [-0.3, -0.25) is 9.69 Å². The van der Waals surface area contributed by atoms with Gasteiger partial charge in [0.1, 0.15) is 11.6 Å². The quantitative estimate of drug-likeness (QED) is 0.351. The van der Waals surface area contributed by atoms with E-state index in [1.54, 1.807) is 18.2 Å². The molecule has 4 rings (SSSR count). The van der Waals surface area contributed by atoms with Gasteiger partial charge in [0.25, 0.3) is 5.91 Å². The molecule has 2 fully saturated rings. The SMILES string of the molecule is COc1cc(C(=O)N(C/C(C)=C/c2ccc(F)cc2F)CC2CCCN2C2CCCCC2)cc(OC)c1OC. The Morgan fingerprint density at radius 2 is 1.67 bits per heavy atom. The topological polar surface area (TPSA) is 51.2 Å². The number of hydrogen-bond acceptors (Lipinski definition) is 5. The first kappa shape index (κ1) is 28.9. The lowest BCUT2D eigenvalue weighted by atomic mass is 9.93. The van der Waals surface area contributed by atoms with Crippen LogP contribution in [0.4, 0.5) is 8.78 Å². The van der Waals surface area contributed by atoms with Gasteiger partial charge in [-0.05, 0) is 63.4 Å². The Labute approximate surface area is 230 Å². The first-order valence-electron chi connectivity index (χ1n) is 13.8. The number of carbonyl (C=O) groups is 1. The zero-order valence-electron chi connectivity index (χ0n) is 23.5. The summed E-state index contributed by atoms with van der Waals surface area (Å²) in [6.45, 7) is 3.79. The molecular weight excluding hydrogens is 502 g/mol. The van der Waals surface area contributed by atoms with Gasteiger partial charge in [0.2, 0.25) is 5.75 Å². The molecule has 1 unspecified atom stereocenters. The number of rotatable bonds is 10. The largest absolute Gasteiger partial charge is 0.493 e. The molecule has 1 amide bonds. The van der Waals surface area contributed by atoms with Crippen molar-refractivity contribution in [2.24, 2.45) is 0 Å². The van der Waals surface area contributed by atoms with Gasteiger partial charge in [-0.25, -0.2) is 8.78 Å². The van der Waals surface area contributed by atoms with Crippen molar-refractivity contribution in [3.63, 3.8) is 0 Å². The predicted molar refractivity (Wildman–Crippen MR) is 149 cm³/mol. The molecule has 0 radical (unpaired) electrons. The van der Waals surface area contributed by atoms with Crippen molar-refractivity contribution < 1.29 is 27.8 Å². The van der Waals surface area contributed by atoms with E-state index in [0.717, 1.165) is 31.0 Å². The molecule has 0 aromatic heterocycles. The second-order valence-corrected chi connectivity index (χ2v) is 10.6. The van der Waals surface area contributed by atoms with E-state index in [-0.39, 0.29) is 11.9 Å². The minimum atomic E-state index is -0.629. The summed E-state index contributed by atoms with van der Waals surface area (Å²) in [5.41, 5.74) is 1.51. The number of ether oxygens (including phenoxy) is 3. The van der Waals surface area contributed by atoms with Crippen LogP contribution in [0.3, 0.4) is 0 Å². The molecule has 0 bridgehead atoms. The number of likely N-dealkylation sites (tertiary alicyclic amines) is 1. The van der Waals surface area contributed by atoms with Crippen molar-refractivity contribution in [1.82, 2.24) is 9.80 Å². The summed E-state index contributed by atoms with van der Waals surface area (Å²) >= 11 is 0. The van der Waals surface area contributed by atoms with E-state index in [2.05, 4.69) is 4.90 Å². The highest BCUT2D eigenvalue weighted by atomic mass is 19.1. The van der Waals surface area contributed by atoms with E-state index in [1.165, 1.54) is 65.6 Å². The van der Waals surface area contributed by atoms with Crippen LogP contribution in [0, 0.1) is 11.6 Å². The maximum Gasteiger partial charge on any atom is 0.254 e. The molecule has 0 spiro atoms. The molecule has 1 aliphatic heterocycles. The Kier molecular flexibility index (Phi) is 9.83. The van der Waals surface area contributed by atoms with Crippen molar-refractivity contribution in [2.75, 3.05) is 41.0 Å². The summed E-state index contributed by atoms with van der Waals surface area (Å²) in [6.07, 6.45) is 10.1. The van der Waals surface area contributed by atoms with E-state index in [1.807, 2.05) is 11.8 Å². The van der Waals surface area contributed by atoms with E-state index < -0.39 is 11.6 Å². The van der Waals surface area contributed by atoms with Crippen LogP contribution in [0.5, 0.6) is 17.2 Å². The van der Waals surface area contributed by atoms with Crippen LogP contribution in [0.15, 0.2) is 35.9 Å². The summed E-state index contributed by atoms with van der Waals surface area (Å²) in [4.78, 5) is 18.5. The van der Waals surface area contributed by atoms with E-state index >= 15 is 0 Å². The number of halogens is 2. The minimum absolute atomic E-state index is 0.169. The molecular formula is C31H40F2N2O4. The Morgan fingerprint density at radius 3 is 2.28 bits per heavy atom. The van der Waals surface area contributed by atoms with E-state index in [4.69, 9.17) is 14.2 Å². The Bertz CT molecular complexity index is 1150. The maximum atomic E-state index is 14.4. The smallest absolute Gasteiger partial charge is 0.254 e. The van der Waals surface area contributed by atoms with Crippen LogP contribution in [-0.4, -0.2) is 68.8 Å². The molecule has 1 saturated carbocycles. The highest BCUT2D eigenvalue weighted by Crippen LogP contribution is 2.39. The standard InChI is InChI=1S/C31H40F2N2O4/c1-21(15-22-12-13-24(32)18-27(22)33)19-34(20-26-11-8-14-35(26)25-9-6-5-7-10-25)31(36)23-16-28(37-2)30(39-4)29(17-23)38-3/h12-13,15-18,25-26H,5-11,14,19-20H2,1-4H3/b21-15+. The predicted octanol–water partition coefficient (Wildman–Crippen LogP) is 6.33. The van der Waals surface area contributed by atoms with Crippen molar-refractivity contribution >= 4 is 12.0 Å². The van der Waals surface area contributed by atoms with Crippen LogP contribution in [0.2, 0.25) is 0 Å². The lowest BCUT2D eigenvalue weighted by Crippen LogP contribution is -2.47. The van der Waals surface area contributed by atoms with Gasteiger partial charge in [0.15, 0.2) is 11.5 Å². The monoisotopic (exact) mass is 542 g/mol. The van der Waals surface area contributed by atoms with Crippen LogP contribution in [0.25, 0.3) is 6.08 Å². The van der Waals surface area contributed by atoms with Crippen LogP contribution < -0.4 is 14.2 Å². The summed E-state index contributed by atoms with van der Waals surface area (Å²) in [5, 5.41) is 0. The van der Waals surface area contributed by atoms with Crippen molar-refractivity contribution in [3.05, 3.63) is 58.7 Å². The van der Waals surface area contributed by atoms with Gasteiger partial charge < -0.3 is 19.1 Å². The molecule has 0 N–H and O–H groups in total. The molecule has 39 heavy (non-hydrogen) atoms. The van der Waals surface area contributed by atoms with Crippen molar-refractivity contribution in [1.29, 1.82) is 0 Å². The van der Waals surface area contributed by atoms with Gasteiger partial charge in [-0.15, -0.1) is 0 Å². The normalized spacial score (nSPS) is 18.7. The number of hydrogen-bond donors (Lipinski definition) is 0. The van der Waals surface area contributed by atoms with Gasteiger partial charge >= 0.3 is 0 Å². The van der Waals surface area contributed by atoms with Crippen molar-refractivity contribution in [3.8, 4) is 17.2 Å². The van der Waals surface area contributed by atoms with Gasteiger partial charge in [-0.2, -0.15) is 0 Å². The third-order valence-corrected chi connectivity index (χ3v) is 7.90. The average molecular weight is 543 g/mol. The van der Waals surface area contributed by atoms with Crippen LogP contribution in [0.1, 0.15) is 67.8 Å². The number of amides is 1. The molecule has 6 nitrogen and oxygen atoms in total. The first-order valence-corrected chi connectivity index (χ1v) is 13.8. The Hall–Kier alpha value is -3.13. The van der Waals surface area contributed by atoms with Crippen LogP contribution in [-0.2, 0) is 0 Å². The zero-order valence-corrected chi connectivity index (χ0v) is 23.5. The fourth-order valence-electron chi connectivity index (χ4n) is 6.04. The Morgan fingerprint density at radius 1 is 0.974 bits per heavy atom. The summed E-state index contributed by atoms with van der Waals surface area (Å²) < 4.78 is 44.2. The zero-order chi connectivity index (χ0) is 27.9. The third-order valence-electron chi connectivity index (χ3n) is 7.90. The fourth-order valence-corrected chi connectivity index (χ4v) is 6.04. The first-order chi connectivity index (χ1) is 18.8. The lowest BCUT2D eigenvalue weighted by Gasteiger charge is -2.38. The summed E-state index contributed by atoms with van der Waals surface area (Å²) in [5.74, 6) is -0.181. The van der Waals surface area contributed by atoms with Gasteiger partial charge in [0.05, 0.1) is 21.3 Å². The van der Waals surface area contributed by atoms with Crippen LogP contribution >= 0.6 is 0 Å². The number of methoxy groups -OCH3 is 3. The minimum Gasteiger partial charge on any atom is -0.493 e. The second kappa shape index (κ2) is 13.3. The second-order valence-electron chi connectivity index (χ2n) is 10.6. The summed E-state index contributed by atoms with van der Waals surface area (Å²) in [7, 11) is 4.57. The molecule has 1 saturated heterocycles. The highest BCUT2D eigenvalue weighted by molar-refractivity contribution is 5.96. The molecule has 2 aromatic rings. The number of nitrogens with zero attached hydrogens (tertiary/aromatic N) is 2. The number of benzene rings is 2. The molecule has 2 aliphatic rings. The molecule has 212 valence electrons. The third kappa shape index (κ3) is 6.90. The van der Waals surface area contributed by atoms with E-state index in [0.29, 0.717) is 47.5 Å². The van der Waals surface area contributed by atoms with Gasteiger partial charge in [-0.1, -0.05) is 30.9 Å². The highest BCUT2D eigenvalue weighted by Gasteiger charge is 2.34. The molecule has 8 heteroatoms. The molecule has 1 heterocycles. The fraction of sp³-hybridized carbons (Fsp3) is 0.516. The lowest BCUT2D eigenvalue weighted by molar-refractivity contribution is 0.0671. The maximum absolute atomic E-state index is 14.4. The molecule has 1 aliphatic carbocycles.